The normalized spacial score (nSPS) is 15.7. The maximum Gasteiger partial charge on any atom is 0.262 e. The molecule has 5 rings (SSSR count). The third-order valence-corrected chi connectivity index (χ3v) is 7.68. The van der Waals surface area contributed by atoms with Crippen molar-refractivity contribution in [2.24, 2.45) is 0 Å². The lowest BCUT2D eigenvalue weighted by Crippen LogP contribution is -2.49. The van der Waals surface area contributed by atoms with Gasteiger partial charge < -0.3 is 24.0 Å². The summed E-state index contributed by atoms with van der Waals surface area (Å²) in [5.41, 5.74) is 1.13. The molecule has 1 aliphatic heterocycles. The molecule has 1 N–H and O–H groups in total. The van der Waals surface area contributed by atoms with Crippen LogP contribution in [0.2, 0.25) is 0 Å². The molecule has 204 valence electrons. The fourth-order valence-corrected chi connectivity index (χ4v) is 5.29. The van der Waals surface area contributed by atoms with Crippen LogP contribution in [0, 0.1) is 0 Å². The Bertz CT molecular complexity index is 1520. The van der Waals surface area contributed by atoms with E-state index >= 15 is 0 Å². The minimum Gasteiger partial charge on any atom is -0.493 e. The number of amides is 1. The van der Waals surface area contributed by atoms with Crippen LogP contribution in [0.15, 0.2) is 71.9 Å². The van der Waals surface area contributed by atoms with Crippen molar-refractivity contribution in [3.05, 3.63) is 83.0 Å². The summed E-state index contributed by atoms with van der Waals surface area (Å²) in [5.74, 6) is 1.40. The number of methoxy groups -OCH3 is 2. The standard InChI is InChI=1S/C30H34N4O5/c1-21(22-7-5-4-6-8-22)17-27(35)32-15-12-30(37,13-16-32)19-33-20-31-28-24(29(33)36)11-14-34(28)23-9-10-25(38-2)26(18-23)39-3/h4-11,14,18,20-21,37H,12-13,15-17,19H2,1-3H3/t21-/m1/s1. The van der Waals surface area contributed by atoms with Crippen molar-refractivity contribution in [1.82, 2.24) is 19.0 Å². The molecule has 2 aromatic carbocycles. The zero-order valence-corrected chi connectivity index (χ0v) is 22.5. The second-order valence-electron chi connectivity index (χ2n) is 10.3. The topological polar surface area (TPSA) is 98.8 Å². The number of hydrogen-bond acceptors (Lipinski definition) is 6. The average Bonchev–Trinajstić information content (AvgIpc) is 3.40. The van der Waals surface area contributed by atoms with Crippen LogP contribution < -0.4 is 15.0 Å². The lowest BCUT2D eigenvalue weighted by atomic mass is 9.90. The molecular weight excluding hydrogens is 496 g/mol. The molecule has 1 amide bonds. The Morgan fingerprint density at radius 3 is 2.46 bits per heavy atom. The van der Waals surface area contributed by atoms with Gasteiger partial charge in [-0.1, -0.05) is 37.3 Å². The van der Waals surface area contributed by atoms with Gasteiger partial charge in [-0.05, 0) is 42.5 Å². The van der Waals surface area contributed by atoms with Crippen LogP contribution in [-0.2, 0) is 11.3 Å². The molecule has 0 unspecified atom stereocenters. The Hall–Kier alpha value is -4.11. The van der Waals surface area contributed by atoms with E-state index in [2.05, 4.69) is 11.9 Å². The summed E-state index contributed by atoms with van der Waals surface area (Å²) in [6.45, 7) is 3.09. The molecule has 1 aliphatic rings. The number of ether oxygens (including phenoxy) is 2. The van der Waals surface area contributed by atoms with Crippen LogP contribution in [-0.4, -0.2) is 62.9 Å². The Morgan fingerprint density at radius 1 is 1.05 bits per heavy atom. The summed E-state index contributed by atoms with van der Waals surface area (Å²) >= 11 is 0. The number of rotatable bonds is 8. The molecule has 4 aromatic rings. The van der Waals surface area contributed by atoms with Gasteiger partial charge in [0.2, 0.25) is 5.91 Å². The van der Waals surface area contributed by atoms with Crippen molar-refractivity contribution in [2.45, 2.75) is 44.2 Å². The van der Waals surface area contributed by atoms with Gasteiger partial charge in [0.05, 0.1) is 37.4 Å². The molecule has 0 radical (unpaired) electrons. The maximum atomic E-state index is 13.3. The maximum absolute atomic E-state index is 13.3. The number of aliphatic hydroxyl groups is 1. The number of benzene rings is 2. The number of piperidine rings is 1. The average molecular weight is 531 g/mol. The van der Waals surface area contributed by atoms with Crippen molar-refractivity contribution in [2.75, 3.05) is 27.3 Å². The first kappa shape index (κ1) is 26.5. The van der Waals surface area contributed by atoms with Crippen molar-refractivity contribution in [3.8, 4) is 17.2 Å². The van der Waals surface area contributed by atoms with E-state index in [0.717, 1.165) is 11.3 Å². The number of likely N-dealkylation sites (tertiary alicyclic amines) is 1. The SMILES string of the molecule is COc1ccc(-n2ccc3c(=O)n(CC4(O)CCN(C(=O)C[C@@H](C)c5ccccc5)CC4)cnc32)cc1OC. The Balaban J connectivity index is 1.27. The molecule has 0 aliphatic carbocycles. The summed E-state index contributed by atoms with van der Waals surface area (Å²) in [4.78, 5) is 32.6. The van der Waals surface area contributed by atoms with Gasteiger partial charge in [-0.3, -0.25) is 14.2 Å². The largest absolute Gasteiger partial charge is 0.493 e. The predicted molar refractivity (Wildman–Crippen MR) is 149 cm³/mol. The first-order valence-corrected chi connectivity index (χ1v) is 13.2. The van der Waals surface area contributed by atoms with Crippen molar-refractivity contribution in [3.63, 3.8) is 0 Å². The smallest absolute Gasteiger partial charge is 0.262 e. The zero-order chi connectivity index (χ0) is 27.6. The van der Waals surface area contributed by atoms with Gasteiger partial charge in [-0.15, -0.1) is 0 Å². The Labute approximate surface area is 227 Å². The zero-order valence-electron chi connectivity index (χ0n) is 22.5. The molecule has 3 heterocycles. The molecule has 0 spiro atoms. The number of carbonyl (C=O) groups is 1. The van der Waals surface area contributed by atoms with Gasteiger partial charge >= 0.3 is 0 Å². The van der Waals surface area contributed by atoms with E-state index in [-0.39, 0.29) is 23.9 Å². The molecule has 1 saturated heterocycles. The van der Waals surface area contributed by atoms with Crippen LogP contribution in [0.25, 0.3) is 16.7 Å². The first-order valence-electron chi connectivity index (χ1n) is 13.2. The third kappa shape index (κ3) is 5.40. The number of hydrogen-bond donors (Lipinski definition) is 1. The van der Waals surface area contributed by atoms with Crippen LogP contribution in [0.1, 0.15) is 37.7 Å². The van der Waals surface area contributed by atoms with Crippen molar-refractivity contribution >= 4 is 16.9 Å². The summed E-state index contributed by atoms with van der Waals surface area (Å²) < 4.78 is 14.0. The molecule has 1 atom stereocenters. The number of carbonyl (C=O) groups excluding carboxylic acids is 1. The predicted octanol–water partition coefficient (Wildman–Crippen LogP) is 3.75. The highest BCUT2D eigenvalue weighted by atomic mass is 16.5. The van der Waals surface area contributed by atoms with Gasteiger partial charge in [-0.25, -0.2) is 4.98 Å². The molecule has 2 aromatic heterocycles. The molecule has 39 heavy (non-hydrogen) atoms. The second-order valence-corrected chi connectivity index (χ2v) is 10.3. The molecular formula is C30H34N4O5. The fourth-order valence-electron chi connectivity index (χ4n) is 5.29. The molecule has 9 nitrogen and oxygen atoms in total. The van der Waals surface area contributed by atoms with Gasteiger partial charge in [0, 0.05) is 31.8 Å². The van der Waals surface area contributed by atoms with Crippen LogP contribution in [0.5, 0.6) is 11.5 Å². The van der Waals surface area contributed by atoms with E-state index in [0.29, 0.717) is 54.9 Å². The summed E-state index contributed by atoms with van der Waals surface area (Å²) in [7, 11) is 3.15. The van der Waals surface area contributed by atoms with Crippen LogP contribution in [0.4, 0.5) is 0 Å². The van der Waals surface area contributed by atoms with E-state index < -0.39 is 5.60 Å². The fraction of sp³-hybridized carbons (Fsp3) is 0.367. The van der Waals surface area contributed by atoms with E-state index in [1.54, 1.807) is 32.5 Å². The monoisotopic (exact) mass is 530 g/mol. The number of fused-ring (bicyclic) bond motifs is 1. The second kappa shape index (κ2) is 10.9. The highest BCUT2D eigenvalue weighted by Crippen LogP contribution is 2.30. The summed E-state index contributed by atoms with van der Waals surface area (Å²) in [6.07, 6.45) is 4.50. The van der Waals surface area contributed by atoms with Crippen molar-refractivity contribution < 1.29 is 19.4 Å². The van der Waals surface area contributed by atoms with Gasteiger partial charge in [0.25, 0.3) is 5.56 Å². The minimum absolute atomic E-state index is 0.0881. The van der Waals surface area contributed by atoms with Gasteiger partial charge in [-0.2, -0.15) is 0 Å². The molecule has 1 fully saturated rings. The third-order valence-electron chi connectivity index (χ3n) is 7.68. The molecule has 9 heteroatoms. The number of aromatic nitrogens is 3. The minimum atomic E-state index is -1.09. The summed E-state index contributed by atoms with van der Waals surface area (Å²) in [5, 5.41) is 11.8. The van der Waals surface area contributed by atoms with Gasteiger partial charge in [0.1, 0.15) is 6.33 Å². The quantitative estimate of drug-likeness (QED) is 0.373. The molecule has 0 saturated carbocycles. The number of nitrogens with zero attached hydrogens (tertiary/aromatic N) is 4. The Kier molecular flexibility index (Phi) is 7.43. The molecule has 0 bridgehead atoms. The van der Waals surface area contributed by atoms with Crippen molar-refractivity contribution in [1.29, 1.82) is 0 Å². The van der Waals surface area contributed by atoms with E-state index in [1.807, 2.05) is 51.9 Å². The lowest BCUT2D eigenvalue weighted by molar-refractivity contribution is -0.136. The van der Waals surface area contributed by atoms with Gasteiger partial charge in [0.15, 0.2) is 17.1 Å². The van der Waals surface area contributed by atoms with E-state index in [4.69, 9.17) is 9.47 Å². The highest BCUT2D eigenvalue weighted by molar-refractivity contribution is 5.78. The Morgan fingerprint density at radius 2 is 1.77 bits per heavy atom. The first-order chi connectivity index (χ1) is 18.8. The van der Waals surface area contributed by atoms with Crippen LogP contribution >= 0.6 is 0 Å². The van der Waals surface area contributed by atoms with E-state index in [1.165, 1.54) is 10.9 Å². The van der Waals surface area contributed by atoms with E-state index in [9.17, 15) is 14.7 Å². The summed E-state index contributed by atoms with van der Waals surface area (Å²) in [6, 6.07) is 17.2. The van der Waals surface area contributed by atoms with Crippen LogP contribution in [0.3, 0.4) is 0 Å². The highest BCUT2D eigenvalue weighted by Gasteiger charge is 2.35. The lowest BCUT2D eigenvalue weighted by Gasteiger charge is -2.38.